The summed E-state index contributed by atoms with van der Waals surface area (Å²) in [6, 6.07) is 6.26. The zero-order chi connectivity index (χ0) is 15.0. The van der Waals surface area contributed by atoms with Crippen LogP contribution in [-0.2, 0) is 6.54 Å². The lowest BCUT2D eigenvalue weighted by Crippen LogP contribution is -2.35. The van der Waals surface area contributed by atoms with Crippen LogP contribution in [0, 0.1) is 5.41 Å². The van der Waals surface area contributed by atoms with Gasteiger partial charge in [0.05, 0.1) is 0 Å². The van der Waals surface area contributed by atoms with Crippen molar-refractivity contribution in [3.05, 3.63) is 28.8 Å². The Labute approximate surface area is 128 Å². The summed E-state index contributed by atoms with van der Waals surface area (Å²) in [7, 11) is 0. The van der Waals surface area contributed by atoms with Crippen LogP contribution in [0.25, 0.3) is 0 Å². The van der Waals surface area contributed by atoms with E-state index in [-0.39, 0.29) is 5.54 Å². The summed E-state index contributed by atoms with van der Waals surface area (Å²) in [4.78, 5) is 2.48. The number of benzene rings is 1. The van der Waals surface area contributed by atoms with Gasteiger partial charge in [0.2, 0.25) is 0 Å². The lowest BCUT2D eigenvalue weighted by Gasteiger charge is -2.27. The van der Waals surface area contributed by atoms with Gasteiger partial charge in [-0.1, -0.05) is 31.5 Å². The van der Waals surface area contributed by atoms with E-state index >= 15 is 0 Å². The van der Waals surface area contributed by atoms with Crippen molar-refractivity contribution in [3.8, 4) is 0 Å². The van der Waals surface area contributed by atoms with Crippen molar-refractivity contribution in [1.82, 2.24) is 5.32 Å². The maximum absolute atomic E-state index is 6.21. The fraction of sp³-hybridized carbons (Fsp3) is 0.647. The van der Waals surface area contributed by atoms with Crippen LogP contribution in [0.4, 0.5) is 5.69 Å². The summed E-state index contributed by atoms with van der Waals surface area (Å²) in [5.41, 5.74) is 3.15. The zero-order valence-electron chi connectivity index (χ0n) is 13.4. The minimum atomic E-state index is 0.126. The number of nitrogens with one attached hydrogen (secondary N) is 1. The van der Waals surface area contributed by atoms with E-state index in [9.17, 15) is 0 Å². The van der Waals surface area contributed by atoms with Gasteiger partial charge in [-0.25, -0.2) is 0 Å². The summed E-state index contributed by atoms with van der Waals surface area (Å²) in [6.45, 7) is 14.4. The second-order valence-electron chi connectivity index (χ2n) is 7.71. The van der Waals surface area contributed by atoms with E-state index < -0.39 is 0 Å². The second-order valence-corrected chi connectivity index (χ2v) is 8.15. The molecule has 20 heavy (non-hydrogen) atoms. The lowest BCUT2D eigenvalue weighted by molar-refractivity contribution is 0.417. The molecule has 0 aromatic heterocycles. The average Bonchev–Trinajstić information content (AvgIpc) is 2.67. The van der Waals surface area contributed by atoms with Crippen molar-refractivity contribution in [3.63, 3.8) is 0 Å². The highest BCUT2D eigenvalue weighted by atomic mass is 35.5. The molecule has 1 aromatic rings. The molecule has 0 amide bonds. The average molecular weight is 295 g/mol. The minimum absolute atomic E-state index is 0.126. The van der Waals surface area contributed by atoms with Gasteiger partial charge in [0.15, 0.2) is 0 Å². The highest BCUT2D eigenvalue weighted by Gasteiger charge is 2.30. The molecule has 0 unspecified atom stereocenters. The summed E-state index contributed by atoms with van der Waals surface area (Å²) in [5, 5.41) is 4.40. The molecule has 0 aliphatic carbocycles. The molecular weight excluding hydrogens is 268 g/mol. The van der Waals surface area contributed by atoms with Crippen molar-refractivity contribution in [2.75, 3.05) is 18.0 Å². The first-order chi connectivity index (χ1) is 9.16. The van der Waals surface area contributed by atoms with Crippen LogP contribution >= 0.6 is 11.6 Å². The van der Waals surface area contributed by atoms with Gasteiger partial charge in [0.1, 0.15) is 0 Å². The van der Waals surface area contributed by atoms with E-state index in [4.69, 9.17) is 11.6 Å². The van der Waals surface area contributed by atoms with E-state index in [1.54, 1.807) is 0 Å². The van der Waals surface area contributed by atoms with E-state index in [1.165, 1.54) is 17.7 Å². The van der Waals surface area contributed by atoms with Crippen molar-refractivity contribution >= 4 is 17.3 Å². The zero-order valence-corrected chi connectivity index (χ0v) is 14.1. The van der Waals surface area contributed by atoms with Crippen LogP contribution in [0.5, 0.6) is 0 Å². The third kappa shape index (κ3) is 4.13. The highest BCUT2D eigenvalue weighted by Crippen LogP contribution is 2.35. The monoisotopic (exact) mass is 294 g/mol. The van der Waals surface area contributed by atoms with Crippen LogP contribution in [0.2, 0.25) is 5.02 Å². The molecule has 1 saturated heterocycles. The largest absolute Gasteiger partial charge is 0.371 e. The van der Waals surface area contributed by atoms with Crippen LogP contribution in [0.1, 0.15) is 46.6 Å². The maximum Gasteiger partial charge on any atom is 0.0426 e. The first-order valence-electron chi connectivity index (χ1n) is 7.45. The summed E-state index contributed by atoms with van der Waals surface area (Å²) in [5.74, 6) is 0. The van der Waals surface area contributed by atoms with Gasteiger partial charge in [-0.05, 0) is 50.3 Å². The number of anilines is 1. The van der Waals surface area contributed by atoms with E-state index in [2.05, 4.69) is 57.0 Å². The molecular formula is C17H27ClN2. The third-order valence-electron chi connectivity index (χ3n) is 3.87. The van der Waals surface area contributed by atoms with E-state index in [0.29, 0.717) is 5.41 Å². The topological polar surface area (TPSA) is 15.3 Å². The third-order valence-corrected chi connectivity index (χ3v) is 4.11. The molecule has 3 heteroatoms. The molecule has 2 rings (SSSR count). The minimum Gasteiger partial charge on any atom is -0.371 e. The predicted octanol–water partition coefficient (Wildman–Crippen LogP) is 4.46. The van der Waals surface area contributed by atoms with Crippen LogP contribution in [0.15, 0.2) is 18.2 Å². The molecule has 0 spiro atoms. The highest BCUT2D eigenvalue weighted by molar-refractivity contribution is 6.30. The van der Waals surface area contributed by atoms with Crippen LogP contribution < -0.4 is 10.2 Å². The van der Waals surface area contributed by atoms with Crippen LogP contribution in [0.3, 0.4) is 0 Å². The van der Waals surface area contributed by atoms with Crippen molar-refractivity contribution in [1.29, 1.82) is 0 Å². The van der Waals surface area contributed by atoms with Gasteiger partial charge in [0, 0.05) is 35.9 Å². The predicted molar refractivity (Wildman–Crippen MR) is 88.7 cm³/mol. The van der Waals surface area contributed by atoms with Gasteiger partial charge in [-0.3, -0.25) is 0 Å². The van der Waals surface area contributed by atoms with Gasteiger partial charge in [-0.2, -0.15) is 0 Å². The molecule has 1 aliphatic heterocycles. The SMILES string of the molecule is CC1(C)CCN(c2cc(Cl)ccc2CNC(C)(C)C)C1. The van der Waals surface area contributed by atoms with Crippen molar-refractivity contribution < 1.29 is 0 Å². The van der Waals surface area contributed by atoms with Crippen molar-refractivity contribution in [2.24, 2.45) is 5.41 Å². The smallest absolute Gasteiger partial charge is 0.0426 e. The Bertz CT molecular complexity index is 474. The van der Waals surface area contributed by atoms with Gasteiger partial charge < -0.3 is 10.2 Å². The quantitative estimate of drug-likeness (QED) is 0.885. The van der Waals surface area contributed by atoms with Crippen LogP contribution in [-0.4, -0.2) is 18.6 Å². The fourth-order valence-electron chi connectivity index (χ4n) is 2.66. The summed E-state index contributed by atoms with van der Waals surface area (Å²) >= 11 is 6.21. The molecule has 112 valence electrons. The Kier molecular flexibility index (Phi) is 4.36. The Morgan fingerprint density at radius 1 is 1.30 bits per heavy atom. The second kappa shape index (κ2) is 5.57. The summed E-state index contributed by atoms with van der Waals surface area (Å²) in [6.07, 6.45) is 1.24. The standard InChI is InChI=1S/C17H27ClN2/c1-16(2,3)19-11-13-6-7-14(18)10-15(13)20-9-8-17(4,5)12-20/h6-7,10,19H,8-9,11-12H2,1-5H3. The molecule has 0 radical (unpaired) electrons. The number of hydrogen-bond donors (Lipinski definition) is 1. The Morgan fingerprint density at radius 3 is 2.55 bits per heavy atom. The normalized spacial score (nSPS) is 18.6. The maximum atomic E-state index is 6.21. The van der Waals surface area contributed by atoms with E-state index in [1.807, 2.05) is 6.07 Å². The number of halogens is 1. The summed E-state index contributed by atoms with van der Waals surface area (Å²) < 4.78 is 0. The molecule has 0 atom stereocenters. The first kappa shape index (κ1) is 15.7. The van der Waals surface area contributed by atoms with Gasteiger partial charge >= 0.3 is 0 Å². The first-order valence-corrected chi connectivity index (χ1v) is 7.83. The lowest BCUT2D eigenvalue weighted by atomic mass is 9.93. The molecule has 0 bridgehead atoms. The Morgan fingerprint density at radius 2 is 2.00 bits per heavy atom. The van der Waals surface area contributed by atoms with Crippen molar-refractivity contribution in [2.45, 2.75) is 53.1 Å². The van der Waals surface area contributed by atoms with Gasteiger partial charge in [0.25, 0.3) is 0 Å². The Balaban J connectivity index is 2.20. The molecule has 1 aliphatic rings. The molecule has 1 N–H and O–H groups in total. The number of nitrogens with zero attached hydrogens (tertiary/aromatic N) is 1. The number of rotatable bonds is 3. The van der Waals surface area contributed by atoms with Gasteiger partial charge in [-0.15, -0.1) is 0 Å². The molecule has 1 heterocycles. The molecule has 1 fully saturated rings. The number of hydrogen-bond acceptors (Lipinski definition) is 2. The molecule has 2 nitrogen and oxygen atoms in total. The Hall–Kier alpha value is -0.730. The molecule has 1 aromatic carbocycles. The fourth-order valence-corrected chi connectivity index (χ4v) is 2.83. The van der Waals surface area contributed by atoms with E-state index in [0.717, 1.165) is 24.7 Å². The molecule has 0 saturated carbocycles.